The number of rotatable bonds is 4. The van der Waals surface area contributed by atoms with Gasteiger partial charge < -0.3 is 10.2 Å². The summed E-state index contributed by atoms with van der Waals surface area (Å²) < 4.78 is 0. The molecule has 0 bridgehead atoms. The van der Waals surface area contributed by atoms with Gasteiger partial charge in [0.2, 0.25) is 11.8 Å². The molecule has 3 atom stereocenters. The molecule has 1 heterocycles. The predicted molar refractivity (Wildman–Crippen MR) is 87.2 cm³/mol. The number of amides is 2. The summed E-state index contributed by atoms with van der Waals surface area (Å²) in [5.41, 5.74) is 1.15. The predicted octanol–water partition coefficient (Wildman–Crippen LogP) is 2.90. The van der Waals surface area contributed by atoms with Gasteiger partial charge in [-0.2, -0.15) is 0 Å². The molecule has 3 unspecified atom stereocenters. The summed E-state index contributed by atoms with van der Waals surface area (Å²) in [4.78, 5) is 26.2. The highest BCUT2D eigenvalue weighted by atomic mass is 16.2. The molecular weight excluding hydrogens is 276 g/mol. The molecule has 0 aromatic heterocycles. The van der Waals surface area contributed by atoms with Crippen molar-refractivity contribution in [1.29, 1.82) is 0 Å². The fourth-order valence-electron chi connectivity index (χ4n) is 3.02. The lowest BCUT2D eigenvalue weighted by Crippen LogP contribution is -2.47. The Balaban J connectivity index is 2.08. The molecule has 1 N–H and O–H groups in total. The van der Waals surface area contributed by atoms with Crippen LogP contribution in [0.1, 0.15) is 51.6 Å². The van der Waals surface area contributed by atoms with Crippen LogP contribution in [0, 0.1) is 5.92 Å². The summed E-state index contributed by atoms with van der Waals surface area (Å²) in [6.45, 7) is 6.16. The van der Waals surface area contributed by atoms with E-state index in [2.05, 4.69) is 24.4 Å². The zero-order valence-corrected chi connectivity index (χ0v) is 13.7. The van der Waals surface area contributed by atoms with E-state index in [0.717, 1.165) is 24.8 Å². The highest BCUT2D eigenvalue weighted by Crippen LogP contribution is 2.33. The smallest absolute Gasteiger partial charge is 0.225 e. The number of carbonyl (C=O) groups is 2. The largest absolute Gasteiger partial charge is 0.353 e. The number of hydrogen-bond donors (Lipinski definition) is 1. The molecule has 4 heteroatoms. The Hall–Kier alpha value is -1.84. The first-order valence-electron chi connectivity index (χ1n) is 8.15. The average molecular weight is 302 g/mol. The van der Waals surface area contributed by atoms with Crippen LogP contribution in [0.2, 0.25) is 0 Å². The van der Waals surface area contributed by atoms with Gasteiger partial charge in [-0.25, -0.2) is 0 Å². The zero-order valence-electron chi connectivity index (χ0n) is 13.7. The molecule has 0 radical (unpaired) electrons. The van der Waals surface area contributed by atoms with Crippen LogP contribution in [0.15, 0.2) is 30.3 Å². The number of likely N-dealkylation sites (tertiary alicyclic amines) is 1. The minimum absolute atomic E-state index is 0.0369. The van der Waals surface area contributed by atoms with Crippen LogP contribution in [0.5, 0.6) is 0 Å². The number of benzene rings is 1. The Bertz CT molecular complexity index is 515. The van der Waals surface area contributed by atoms with E-state index < -0.39 is 0 Å². The van der Waals surface area contributed by atoms with Gasteiger partial charge >= 0.3 is 0 Å². The number of hydrogen-bond acceptors (Lipinski definition) is 2. The molecule has 120 valence electrons. The van der Waals surface area contributed by atoms with E-state index >= 15 is 0 Å². The fraction of sp³-hybridized carbons (Fsp3) is 0.556. The van der Waals surface area contributed by atoms with Gasteiger partial charge in [-0.05, 0) is 31.7 Å². The van der Waals surface area contributed by atoms with E-state index in [9.17, 15) is 9.59 Å². The summed E-state index contributed by atoms with van der Waals surface area (Å²) in [6.07, 6.45) is 2.58. The molecule has 1 aromatic rings. The molecule has 1 saturated heterocycles. The minimum atomic E-state index is -0.0992. The average Bonchev–Trinajstić information content (AvgIpc) is 2.54. The molecular formula is C18H26N2O2. The standard InChI is InChI=1S/C18H26N2O2/c1-4-13(2)19-18(22)16-10-11-17(20(12-16)14(3)21)15-8-6-5-7-9-15/h5-9,13,16-17H,4,10-12H2,1-3H3,(H,19,22). The van der Waals surface area contributed by atoms with E-state index in [4.69, 9.17) is 0 Å². The summed E-state index contributed by atoms with van der Waals surface area (Å²) in [7, 11) is 0. The number of piperidine rings is 1. The Morgan fingerprint density at radius 2 is 1.95 bits per heavy atom. The van der Waals surface area contributed by atoms with Crippen molar-refractivity contribution < 1.29 is 9.59 Å². The maximum Gasteiger partial charge on any atom is 0.225 e. The molecule has 1 aliphatic heterocycles. The van der Waals surface area contributed by atoms with E-state index in [1.54, 1.807) is 6.92 Å². The van der Waals surface area contributed by atoms with Crippen LogP contribution in [0.3, 0.4) is 0 Å². The second-order valence-corrected chi connectivity index (χ2v) is 6.19. The first-order valence-corrected chi connectivity index (χ1v) is 8.15. The first kappa shape index (κ1) is 16.5. The van der Waals surface area contributed by atoms with Crippen molar-refractivity contribution in [2.75, 3.05) is 6.54 Å². The molecule has 2 amide bonds. The molecule has 0 aliphatic carbocycles. The third-order valence-corrected chi connectivity index (χ3v) is 4.54. The van der Waals surface area contributed by atoms with Crippen LogP contribution in [-0.4, -0.2) is 29.3 Å². The molecule has 1 aromatic carbocycles. The Labute approximate surface area is 132 Å². The monoisotopic (exact) mass is 302 g/mol. The molecule has 4 nitrogen and oxygen atoms in total. The topological polar surface area (TPSA) is 49.4 Å². The molecule has 2 rings (SSSR count). The second kappa shape index (κ2) is 7.43. The molecule has 22 heavy (non-hydrogen) atoms. The summed E-state index contributed by atoms with van der Waals surface area (Å²) >= 11 is 0. The van der Waals surface area contributed by atoms with Crippen LogP contribution < -0.4 is 5.32 Å². The third-order valence-electron chi connectivity index (χ3n) is 4.54. The number of nitrogens with one attached hydrogen (secondary N) is 1. The van der Waals surface area contributed by atoms with Gasteiger partial charge in [-0.1, -0.05) is 37.3 Å². The Kier molecular flexibility index (Phi) is 5.58. The Morgan fingerprint density at radius 1 is 1.27 bits per heavy atom. The van der Waals surface area contributed by atoms with Crippen LogP contribution in [-0.2, 0) is 9.59 Å². The van der Waals surface area contributed by atoms with Gasteiger partial charge in [0.15, 0.2) is 0 Å². The third kappa shape index (κ3) is 3.87. The van der Waals surface area contributed by atoms with Gasteiger partial charge in [0, 0.05) is 19.5 Å². The summed E-state index contributed by atoms with van der Waals surface area (Å²) in [5, 5.41) is 3.04. The van der Waals surface area contributed by atoms with Crippen molar-refractivity contribution >= 4 is 11.8 Å². The maximum atomic E-state index is 12.3. The Morgan fingerprint density at radius 3 is 2.55 bits per heavy atom. The molecule has 1 aliphatic rings. The van der Waals surface area contributed by atoms with Crippen molar-refractivity contribution in [3.05, 3.63) is 35.9 Å². The quantitative estimate of drug-likeness (QED) is 0.929. The van der Waals surface area contributed by atoms with E-state index in [1.807, 2.05) is 30.0 Å². The molecule has 0 saturated carbocycles. The maximum absolute atomic E-state index is 12.3. The SMILES string of the molecule is CCC(C)NC(=O)C1CCC(c2ccccc2)N(C(C)=O)C1. The highest BCUT2D eigenvalue weighted by Gasteiger charge is 2.34. The second-order valence-electron chi connectivity index (χ2n) is 6.19. The number of nitrogens with zero attached hydrogens (tertiary/aromatic N) is 1. The summed E-state index contributed by atoms with van der Waals surface area (Å²) in [5.74, 6) is 0.0138. The van der Waals surface area contributed by atoms with E-state index in [1.165, 1.54) is 0 Å². The summed E-state index contributed by atoms with van der Waals surface area (Å²) in [6, 6.07) is 10.4. The van der Waals surface area contributed by atoms with Gasteiger partial charge in [-0.3, -0.25) is 9.59 Å². The van der Waals surface area contributed by atoms with Gasteiger partial charge in [0.1, 0.15) is 0 Å². The van der Waals surface area contributed by atoms with E-state index in [0.29, 0.717) is 6.54 Å². The minimum Gasteiger partial charge on any atom is -0.353 e. The van der Waals surface area contributed by atoms with Crippen molar-refractivity contribution in [2.24, 2.45) is 5.92 Å². The van der Waals surface area contributed by atoms with Crippen molar-refractivity contribution in [1.82, 2.24) is 10.2 Å². The van der Waals surface area contributed by atoms with Crippen molar-refractivity contribution in [2.45, 2.75) is 52.1 Å². The zero-order chi connectivity index (χ0) is 16.1. The van der Waals surface area contributed by atoms with E-state index in [-0.39, 0.29) is 29.8 Å². The molecule has 1 fully saturated rings. The van der Waals surface area contributed by atoms with Crippen LogP contribution >= 0.6 is 0 Å². The lowest BCUT2D eigenvalue weighted by molar-refractivity contribution is -0.137. The van der Waals surface area contributed by atoms with Gasteiger partial charge in [0.05, 0.1) is 12.0 Å². The highest BCUT2D eigenvalue weighted by molar-refractivity contribution is 5.81. The van der Waals surface area contributed by atoms with Crippen molar-refractivity contribution in [3.8, 4) is 0 Å². The van der Waals surface area contributed by atoms with Gasteiger partial charge in [0.25, 0.3) is 0 Å². The molecule has 0 spiro atoms. The number of carbonyl (C=O) groups excluding carboxylic acids is 2. The fourth-order valence-corrected chi connectivity index (χ4v) is 3.02. The lowest BCUT2D eigenvalue weighted by atomic mass is 9.88. The van der Waals surface area contributed by atoms with Gasteiger partial charge in [-0.15, -0.1) is 0 Å². The lowest BCUT2D eigenvalue weighted by Gasteiger charge is -2.39. The van der Waals surface area contributed by atoms with Crippen molar-refractivity contribution in [3.63, 3.8) is 0 Å². The van der Waals surface area contributed by atoms with Crippen LogP contribution in [0.4, 0.5) is 0 Å². The van der Waals surface area contributed by atoms with Crippen LogP contribution in [0.25, 0.3) is 0 Å². The normalized spacial score (nSPS) is 23.0. The first-order chi connectivity index (χ1) is 10.5.